The Balaban J connectivity index is 1.31. The lowest BCUT2D eigenvalue weighted by molar-refractivity contribution is -0.117. The lowest BCUT2D eigenvalue weighted by Gasteiger charge is -2.33. The molecule has 27 heavy (non-hydrogen) atoms. The molecular weight excluding hydrogens is 342 g/mol. The van der Waals surface area contributed by atoms with Crippen LogP contribution in [0.4, 0.5) is 10.5 Å². The van der Waals surface area contributed by atoms with E-state index < -0.39 is 0 Å². The summed E-state index contributed by atoms with van der Waals surface area (Å²) in [5.41, 5.74) is 0.885. The van der Waals surface area contributed by atoms with Crippen molar-refractivity contribution in [3.8, 4) is 0 Å². The van der Waals surface area contributed by atoms with Gasteiger partial charge in [0.1, 0.15) is 0 Å². The molecule has 2 aliphatic heterocycles. The fourth-order valence-electron chi connectivity index (χ4n) is 3.73. The summed E-state index contributed by atoms with van der Waals surface area (Å²) in [6.07, 6.45) is 1.29. The van der Waals surface area contributed by atoms with Gasteiger partial charge in [0.05, 0.1) is 6.04 Å². The number of carbonyl (C=O) groups is 2. The molecule has 3 rings (SSSR count). The number of piperazine rings is 1. The summed E-state index contributed by atoms with van der Waals surface area (Å²) in [5.74, 6) is 0.0534. The van der Waals surface area contributed by atoms with E-state index in [0.29, 0.717) is 19.5 Å². The van der Waals surface area contributed by atoms with Crippen LogP contribution in [0.1, 0.15) is 19.8 Å². The SMILES string of the molecule is CCN1CCN(CCCNC(=O)NC2CC(=O)N(c3ccccc3)C2)CC1. The van der Waals surface area contributed by atoms with E-state index in [-0.39, 0.29) is 18.0 Å². The van der Waals surface area contributed by atoms with E-state index in [0.717, 1.165) is 51.4 Å². The number of hydrogen-bond donors (Lipinski definition) is 2. The second-order valence-electron chi connectivity index (χ2n) is 7.27. The van der Waals surface area contributed by atoms with Crippen LogP contribution >= 0.6 is 0 Å². The molecule has 0 radical (unpaired) electrons. The van der Waals surface area contributed by atoms with Crippen molar-refractivity contribution < 1.29 is 9.59 Å². The molecule has 1 unspecified atom stereocenters. The molecule has 7 nitrogen and oxygen atoms in total. The zero-order valence-corrected chi connectivity index (χ0v) is 16.2. The molecule has 1 aromatic rings. The number of urea groups is 1. The Morgan fingerprint density at radius 2 is 1.81 bits per heavy atom. The zero-order chi connectivity index (χ0) is 19.1. The van der Waals surface area contributed by atoms with E-state index in [4.69, 9.17) is 0 Å². The summed E-state index contributed by atoms with van der Waals surface area (Å²) >= 11 is 0. The summed E-state index contributed by atoms with van der Waals surface area (Å²) in [5, 5.41) is 5.85. The minimum Gasteiger partial charge on any atom is -0.338 e. The average molecular weight is 374 g/mol. The number of nitrogens with one attached hydrogen (secondary N) is 2. The van der Waals surface area contributed by atoms with Crippen LogP contribution in [0.15, 0.2) is 30.3 Å². The highest BCUT2D eigenvalue weighted by molar-refractivity contribution is 5.96. The molecule has 2 fully saturated rings. The van der Waals surface area contributed by atoms with Crippen molar-refractivity contribution in [2.75, 3.05) is 57.3 Å². The fourth-order valence-corrected chi connectivity index (χ4v) is 3.73. The number of amides is 3. The van der Waals surface area contributed by atoms with Crippen LogP contribution in [-0.2, 0) is 4.79 Å². The van der Waals surface area contributed by atoms with Gasteiger partial charge in [0.15, 0.2) is 0 Å². The number of hydrogen-bond acceptors (Lipinski definition) is 4. The second-order valence-corrected chi connectivity index (χ2v) is 7.27. The highest BCUT2D eigenvalue weighted by Crippen LogP contribution is 2.20. The van der Waals surface area contributed by atoms with Gasteiger partial charge in [-0.05, 0) is 31.6 Å². The largest absolute Gasteiger partial charge is 0.338 e. The van der Waals surface area contributed by atoms with Gasteiger partial charge in [0.2, 0.25) is 5.91 Å². The van der Waals surface area contributed by atoms with E-state index in [2.05, 4.69) is 27.4 Å². The first kappa shape index (κ1) is 19.6. The van der Waals surface area contributed by atoms with Crippen LogP contribution in [0.3, 0.4) is 0 Å². The summed E-state index contributed by atoms with van der Waals surface area (Å²) < 4.78 is 0. The molecule has 148 valence electrons. The Morgan fingerprint density at radius 1 is 1.11 bits per heavy atom. The van der Waals surface area contributed by atoms with Gasteiger partial charge in [-0.15, -0.1) is 0 Å². The Hall–Kier alpha value is -2.12. The summed E-state index contributed by atoms with van der Waals surface area (Å²) in [4.78, 5) is 31.0. The molecule has 2 aliphatic rings. The molecule has 3 amide bonds. The van der Waals surface area contributed by atoms with E-state index in [1.54, 1.807) is 4.90 Å². The molecule has 1 atom stereocenters. The first-order valence-corrected chi connectivity index (χ1v) is 10.00. The van der Waals surface area contributed by atoms with Gasteiger partial charge in [0, 0.05) is 51.4 Å². The Labute approximate surface area is 161 Å². The fraction of sp³-hybridized carbons (Fsp3) is 0.600. The van der Waals surface area contributed by atoms with Crippen molar-refractivity contribution in [2.45, 2.75) is 25.8 Å². The van der Waals surface area contributed by atoms with Crippen molar-refractivity contribution in [2.24, 2.45) is 0 Å². The van der Waals surface area contributed by atoms with Gasteiger partial charge in [-0.2, -0.15) is 0 Å². The molecular formula is C20H31N5O2. The van der Waals surface area contributed by atoms with Crippen molar-refractivity contribution in [1.82, 2.24) is 20.4 Å². The topological polar surface area (TPSA) is 67.9 Å². The monoisotopic (exact) mass is 373 g/mol. The lowest BCUT2D eigenvalue weighted by Crippen LogP contribution is -2.47. The van der Waals surface area contributed by atoms with Gasteiger partial charge in [-0.25, -0.2) is 4.79 Å². The first-order chi connectivity index (χ1) is 13.2. The number of likely N-dealkylation sites (N-methyl/N-ethyl adjacent to an activating group) is 1. The third-order valence-electron chi connectivity index (χ3n) is 5.38. The van der Waals surface area contributed by atoms with Crippen LogP contribution in [0, 0.1) is 0 Å². The maximum absolute atomic E-state index is 12.2. The molecule has 2 N–H and O–H groups in total. The number of anilines is 1. The third-order valence-corrected chi connectivity index (χ3v) is 5.38. The van der Waals surface area contributed by atoms with Gasteiger partial charge >= 0.3 is 6.03 Å². The zero-order valence-electron chi connectivity index (χ0n) is 16.2. The molecule has 0 aromatic heterocycles. The standard InChI is InChI=1S/C20H31N5O2/c1-2-23-11-13-24(14-12-23)10-6-9-21-20(27)22-17-15-19(26)25(16-17)18-7-4-3-5-8-18/h3-5,7-8,17H,2,6,9-16H2,1H3,(H2,21,22,27). The van der Waals surface area contributed by atoms with Gasteiger partial charge in [0.25, 0.3) is 0 Å². The second kappa shape index (κ2) is 9.71. The smallest absolute Gasteiger partial charge is 0.315 e. The maximum Gasteiger partial charge on any atom is 0.315 e. The molecule has 0 bridgehead atoms. The van der Waals surface area contributed by atoms with E-state index in [9.17, 15) is 9.59 Å². The van der Waals surface area contributed by atoms with Crippen molar-refractivity contribution >= 4 is 17.6 Å². The Morgan fingerprint density at radius 3 is 2.52 bits per heavy atom. The number of benzene rings is 1. The lowest BCUT2D eigenvalue weighted by atomic mass is 10.2. The highest BCUT2D eigenvalue weighted by atomic mass is 16.2. The maximum atomic E-state index is 12.2. The van der Waals surface area contributed by atoms with Crippen LogP contribution in [-0.4, -0.2) is 80.1 Å². The number of carbonyl (C=O) groups excluding carboxylic acids is 2. The normalized spacial score (nSPS) is 21.4. The molecule has 2 heterocycles. The highest BCUT2D eigenvalue weighted by Gasteiger charge is 2.31. The van der Waals surface area contributed by atoms with Gasteiger partial charge in [-0.3, -0.25) is 4.79 Å². The summed E-state index contributed by atoms with van der Waals surface area (Å²) in [7, 11) is 0. The van der Waals surface area contributed by atoms with E-state index in [1.807, 2.05) is 30.3 Å². The molecule has 1 aromatic carbocycles. The van der Waals surface area contributed by atoms with Crippen LogP contribution in [0.2, 0.25) is 0 Å². The molecule has 0 saturated carbocycles. The minimum absolute atomic E-state index is 0.0534. The Bertz CT molecular complexity index is 616. The minimum atomic E-state index is -0.182. The van der Waals surface area contributed by atoms with Crippen molar-refractivity contribution in [3.05, 3.63) is 30.3 Å². The van der Waals surface area contributed by atoms with E-state index in [1.165, 1.54) is 0 Å². The Kier molecular flexibility index (Phi) is 7.06. The summed E-state index contributed by atoms with van der Waals surface area (Å²) in [6.45, 7) is 10.0. The predicted molar refractivity (Wildman–Crippen MR) is 107 cm³/mol. The molecule has 7 heteroatoms. The van der Waals surface area contributed by atoms with E-state index >= 15 is 0 Å². The number of para-hydroxylation sites is 1. The molecule has 2 saturated heterocycles. The molecule has 0 spiro atoms. The van der Waals surface area contributed by atoms with Crippen molar-refractivity contribution in [3.63, 3.8) is 0 Å². The quantitative estimate of drug-likeness (QED) is 0.703. The van der Waals surface area contributed by atoms with Crippen molar-refractivity contribution in [1.29, 1.82) is 0 Å². The molecule has 0 aliphatic carbocycles. The summed E-state index contributed by atoms with van der Waals surface area (Å²) in [6, 6.07) is 9.27. The number of nitrogens with zero attached hydrogens (tertiary/aromatic N) is 3. The van der Waals surface area contributed by atoms with Crippen LogP contribution in [0.5, 0.6) is 0 Å². The van der Waals surface area contributed by atoms with Gasteiger partial charge in [-0.1, -0.05) is 25.1 Å². The first-order valence-electron chi connectivity index (χ1n) is 10.00. The van der Waals surface area contributed by atoms with Crippen LogP contribution in [0.25, 0.3) is 0 Å². The predicted octanol–water partition coefficient (Wildman–Crippen LogP) is 1.12. The van der Waals surface area contributed by atoms with Gasteiger partial charge < -0.3 is 25.3 Å². The third kappa shape index (κ3) is 5.68. The average Bonchev–Trinajstić information content (AvgIpc) is 3.06. The van der Waals surface area contributed by atoms with Crippen LogP contribution < -0.4 is 15.5 Å². The number of rotatable bonds is 7.